The Morgan fingerprint density at radius 1 is 1.12 bits per heavy atom. The van der Waals surface area contributed by atoms with Gasteiger partial charge in [-0.05, 0) is 17.6 Å². The SMILES string of the molecule is COCCOCCOc1cccc(B(O)O)c1. The maximum atomic E-state index is 8.98. The summed E-state index contributed by atoms with van der Waals surface area (Å²) in [5.41, 5.74) is 0.405. The highest BCUT2D eigenvalue weighted by Crippen LogP contribution is 2.07. The molecule has 5 nitrogen and oxygen atoms in total. The molecule has 0 aliphatic rings. The topological polar surface area (TPSA) is 68.2 Å². The minimum absolute atomic E-state index is 0.405. The summed E-state index contributed by atoms with van der Waals surface area (Å²) in [6.45, 7) is 1.98. The molecule has 0 atom stereocenters. The van der Waals surface area contributed by atoms with E-state index in [-0.39, 0.29) is 0 Å². The van der Waals surface area contributed by atoms with Crippen LogP contribution in [0.3, 0.4) is 0 Å². The van der Waals surface area contributed by atoms with E-state index < -0.39 is 7.12 Å². The molecule has 0 bridgehead atoms. The number of benzene rings is 1. The van der Waals surface area contributed by atoms with E-state index in [1.54, 1.807) is 31.4 Å². The minimum Gasteiger partial charge on any atom is -0.491 e. The van der Waals surface area contributed by atoms with Gasteiger partial charge in [0.2, 0.25) is 0 Å². The van der Waals surface area contributed by atoms with Gasteiger partial charge in [-0.3, -0.25) is 0 Å². The first-order chi connectivity index (χ1) is 8.24. The largest absolute Gasteiger partial charge is 0.491 e. The summed E-state index contributed by atoms with van der Waals surface area (Å²) in [5, 5.41) is 18.0. The molecule has 0 saturated heterocycles. The molecule has 0 saturated carbocycles. The highest BCUT2D eigenvalue weighted by Gasteiger charge is 2.10. The zero-order valence-electron chi connectivity index (χ0n) is 9.83. The van der Waals surface area contributed by atoms with Crippen LogP contribution in [0.5, 0.6) is 5.75 Å². The molecule has 0 radical (unpaired) electrons. The third-order valence-electron chi connectivity index (χ3n) is 2.08. The molecule has 1 aromatic rings. The van der Waals surface area contributed by atoms with Gasteiger partial charge in [0.25, 0.3) is 0 Å². The molecule has 0 amide bonds. The summed E-state index contributed by atoms with van der Waals surface area (Å²) in [6, 6.07) is 6.66. The van der Waals surface area contributed by atoms with E-state index in [0.717, 1.165) is 0 Å². The van der Waals surface area contributed by atoms with Crippen molar-refractivity contribution in [3.05, 3.63) is 24.3 Å². The average molecular weight is 240 g/mol. The van der Waals surface area contributed by atoms with Crippen molar-refractivity contribution in [1.29, 1.82) is 0 Å². The lowest BCUT2D eigenvalue weighted by Gasteiger charge is -2.08. The van der Waals surface area contributed by atoms with E-state index >= 15 is 0 Å². The normalized spacial score (nSPS) is 10.3. The second-order valence-corrected chi connectivity index (χ2v) is 3.40. The highest BCUT2D eigenvalue weighted by atomic mass is 16.5. The first-order valence-corrected chi connectivity index (χ1v) is 5.39. The van der Waals surface area contributed by atoms with Gasteiger partial charge in [0, 0.05) is 7.11 Å². The molecule has 0 unspecified atom stereocenters. The Hall–Kier alpha value is -1.08. The summed E-state index contributed by atoms with van der Waals surface area (Å²) >= 11 is 0. The third-order valence-corrected chi connectivity index (χ3v) is 2.08. The van der Waals surface area contributed by atoms with Crippen molar-refractivity contribution in [2.24, 2.45) is 0 Å². The van der Waals surface area contributed by atoms with Crippen molar-refractivity contribution in [2.75, 3.05) is 33.5 Å². The van der Waals surface area contributed by atoms with Crippen molar-refractivity contribution in [3.63, 3.8) is 0 Å². The number of methoxy groups -OCH3 is 1. The lowest BCUT2D eigenvalue weighted by molar-refractivity contribution is 0.0544. The van der Waals surface area contributed by atoms with E-state index in [2.05, 4.69) is 0 Å². The molecule has 0 aliphatic carbocycles. The number of ether oxygens (including phenoxy) is 3. The number of hydrogen-bond donors (Lipinski definition) is 2. The van der Waals surface area contributed by atoms with Crippen molar-refractivity contribution in [2.45, 2.75) is 0 Å². The van der Waals surface area contributed by atoms with Crippen molar-refractivity contribution < 1.29 is 24.3 Å². The van der Waals surface area contributed by atoms with Gasteiger partial charge in [-0.15, -0.1) is 0 Å². The van der Waals surface area contributed by atoms with Gasteiger partial charge in [0.15, 0.2) is 0 Å². The lowest BCUT2D eigenvalue weighted by atomic mass is 9.80. The monoisotopic (exact) mass is 240 g/mol. The van der Waals surface area contributed by atoms with E-state index in [9.17, 15) is 0 Å². The van der Waals surface area contributed by atoms with Crippen LogP contribution in [-0.4, -0.2) is 50.7 Å². The van der Waals surface area contributed by atoms with Gasteiger partial charge in [0.1, 0.15) is 12.4 Å². The second kappa shape index (κ2) is 8.08. The molecule has 1 rings (SSSR count). The quantitative estimate of drug-likeness (QED) is 0.469. The van der Waals surface area contributed by atoms with Gasteiger partial charge in [-0.1, -0.05) is 12.1 Å². The van der Waals surface area contributed by atoms with E-state index in [4.69, 9.17) is 24.3 Å². The number of hydrogen-bond acceptors (Lipinski definition) is 5. The second-order valence-electron chi connectivity index (χ2n) is 3.40. The van der Waals surface area contributed by atoms with E-state index in [1.807, 2.05) is 0 Å². The maximum absolute atomic E-state index is 8.98. The smallest absolute Gasteiger partial charge is 0.488 e. The first-order valence-electron chi connectivity index (χ1n) is 5.39. The zero-order valence-corrected chi connectivity index (χ0v) is 9.83. The molecule has 0 fully saturated rings. The fourth-order valence-electron chi connectivity index (χ4n) is 1.23. The summed E-state index contributed by atoms with van der Waals surface area (Å²) in [6.07, 6.45) is 0. The summed E-state index contributed by atoms with van der Waals surface area (Å²) in [7, 11) is 0.141. The predicted molar refractivity (Wildman–Crippen MR) is 64.5 cm³/mol. The molecule has 94 valence electrons. The van der Waals surface area contributed by atoms with Gasteiger partial charge >= 0.3 is 7.12 Å². The summed E-state index contributed by atoms with van der Waals surface area (Å²) < 4.78 is 15.4. The van der Waals surface area contributed by atoms with Crippen molar-refractivity contribution >= 4 is 12.6 Å². The Bertz CT molecular complexity index is 318. The molecule has 6 heteroatoms. The molecular formula is C11H17BO5. The molecule has 0 aromatic heterocycles. The zero-order chi connectivity index (χ0) is 12.5. The van der Waals surface area contributed by atoms with Gasteiger partial charge in [0.05, 0.1) is 19.8 Å². The van der Waals surface area contributed by atoms with Crippen LogP contribution in [-0.2, 0) is 9.47 Å². The van der Waals surface area contributed by atoms with Gasteiger partial charge in [-0.2, -0.15) is 0 Å². The van der Waals surface area contributed by atoms with Crippen molar-refractivity contribution in [1.82, 2.24) is 0 Å². The molecule has 0 aliphatic heterocycles. The van der Waals surface area contributed by atoms with Crippen LogP contribution >= 0.6 is 0 Å². The van der Waals surface area contributed by atoms with Crippen LogP contribution in [0, 0.1) is 0 Å². The molecule has 0 spiro atoms. The molecule has 0 heterocycles. The van der Waals surface area contributed by atoms with Crippen LogP contribution in [0.15, 0.2) is 24.3 Å². The van der Waals surface area contributed by atoms with Crippen LogP contribution in [0.2, 0.25) is 0 Å². The van der Waals surface area contributed by atoms with E-state index in [1.165, 1.54) is 0 Å². The van der Waals surface area contributed by atoms with E-state index in [0.29, 0.717) is 37.6 Å². The fraction of sp³-hybridized carbons (Fsp3) is 0.455. The number of rotatable bonds is 8. The Labute approximate surface area is 101 Å². The molecular weight excluding hydrogens is 223 g/mol. The van der Waals surface area contributed by atoms with Gasteiger partial charge in [-0.25, -0.2) is 0 Å². The predicted octanol–water partition coefficient (Wildman–Crippen LogP) is -0.592. The lowest BCUT2D eigenvalue weighted by Crippen LogP contribution is -2.29. The van der Waals surface area contributed by atoms with Crippen LogP contribution in [0.1, 0.15) is 0 Å². The summed E-state index contributed by atoms with van der Waals surface area (Å²) in [5.74, 6) is 0.589. The Kier molecular flexibility index (Phi) is 6.65. The van der Waals surface area contributed by atoms with Gasteiger partial charge < -0.3 is 24.3 Å². The van der Waals surface area contributed by atoms with Crippen molar-refractivity contribution in [3.8, 4) is 5.75 Å². The first kappa shape index (κ1) is 14.0. The average Bonchev–Trinajstić information content (AvgIpc) is 2.34. The highest BCUT2D eigenvalue weighted by molar-refractivity contribution is 6.58. The molecule has 1 aromatic carbocycles. The molecule has 2 N–H and O–H groups in total. The Balaban J connectivity index is 2.24. The maximum Gasteiger partial charge on any atom is 0.488 e. The molecule has 17 heavy (non-hydrogen) atoms. The minimum atomic E-state index is -1.48. The standard InChI is InChI=1S/C11H17BO5/c1-15-5-6-16-7-8-17-11-4-2-3-10(9-11)12(13)14/h2-4,9,13-14H,5-8H2,1H3. The van der Waals surface area contributed by atoms with Crippen LogP contribution in [0.25, 0.3) is 0 Å². The Morgan fingerprint density at radius 2 is 1.88 bits per heavy atom. The van der Waals surface area contributed by atoms with Crippen LogP contribution < -0.4 is 10.2 Å². The third kappa shape index (κ3) is 5.69. The Morgan fingerprint density at radius 3 is 2.59 bits per heavy atom. The summed E-state index contributed by atoms with van der Waals surface area (Å²) in [4.78, 5) is 0. The fourth-order valence-corrected chi connectivity index (χ4v) is 1.23. The van der Waals surface area contributed by atoms with Crippen LogP contribution in [0.4, 0.5) is 0 Å².